The van der Waals surface area contributed by atoms with Crippen molar-refractivity contribution in [1.29, 1.82) is 5.26 Å². The molecule has 0 N–H and O–H groups in total. The fraction of sp³-hybridized carbons (Fsp3) is 0.500. The molecule has 2 heteroatoms. The van der Waals surface area contributed by atoms with Crippen molar-refractivity contribution in [1.82, 2.24) is 0 Å². The Morgan fingerprint density at radius 1 is 2.00 bits per heavy atom. The average molecular weight is 162 g/mol. The maximum atomic E-state index is 7.68. The molecule has 0 aliphatic carbocycles. The van der Waals surface area contributed by atoms with Gasteiger partial charge in [0, 0.05) is 0 Å². The summed E-state index contributed by atoms with van der Waals surface area (Å²) in [4.78, 5) is 0. The predicted octanol–water partition coefficient (Wildman–Crippen LogP) is -0.706. The van der Waals surface area contributed by atoms with Crippen molar-refractivity contribution in [2.75, 3.05) is 0 Å². The average Bonchev–Trinajstić information content (AvgIpc) is 1.37. The third-order valence-corrected chi connectivity index (χ3v) is 1.06. The molecule has 0 aromatic carbocycles. The van der Waals surface area contributed by atoms with Gasteiger partial charge in [0.2, 0.25) is 0 Å². The van der Waals surface area contributed by atoms with E-state index < -0.39 is 0 Å². The number of hydrogen-bond acceptors (Lipinski definition) is 1. The summed E-state index contributed by atoms with van der Waals surface area (Å²) < 4.78 is 0.835. The van der Waals surface area contributed by atoms with Crippen molar-refractivity contribution in [2.24, 2.45) is 0 Å². The third kappa shape index (κ3) is 2.29. The summed E-state index contributed by atoms with van der Waals surface area (Å²) in [6, 6.07) is 2.02. The van der Waals surface area contributed by atoms with E-state index in [1.54, 1.807) is 0 Å². The van der Waals surface area contributed by atoms with Gasteiger partial charge in [-0.2, -0.15) is 0 Å². The molecular formula is C2H5NSn. The molecule has 0 spiro atoms. The van der Waals surface area contributed by atoms with Crippen LogP contribution in [0.15, 0.2) is 0 Å². The normalized spacial score (nSPS) is 5.75. The zero-order valence-corrected chi connectivity index (χ0v) is 8.36. The van der Waals surface area contributed by atoms with Gasteiger partial charge in [0.1, 0.15) is 0 Å². The molecule has 0 atom stereocenters. The number of hydrogen-bond donors (Lipinski definition) is 0. The van der Waals surface area contributed by atoms with Crippen LogP contribution in [0, 0.1) is 11.3 Å². The maximum absolute atomic E-state index is 7.68. The zero-order valence-electron chi connectivity index (χ0n) is 2.65. The summed E-state index contributed by atoms with van der Waals surface area (Å²) >= 11 is 0.624. The first-order valence-electron chi connectivity index (χ1n) is 1.28. The fourth-order valence-corrected chi connectivity index (χ4v) is 0. The van der Waals surface area contributed by atoms with Crippen molar-refractivity contribution in [3.63, 3.8) is 0 Å². The van der Waals surface area contributed by atoms with E-state index in [1.165, 1.54) is 0 Å². The van der Waals surface area contributed by atoms with E-state index in [1.807, 2.05) is 6.07 Å². The minimum atomic E-state index is 0.624. The van der Waals surface area contributed by atoms with Crippen LogP contribution in [0.4, 0.5) is 0 Å². The molecule has 0 saturated carbocycles. The van der Waals surface area contributed by atoms with Gasteiger partial charge in [-0.15, -0.1) is 0 Å². The third-order valence-electron chi connectivity index (χ3n) is 0.158. The van der Waals surface area contributed by atoms with E-state index in [0.29, 0.717) is 22.5 Å². The molecule has 0 aromatic heterocycles. The van der Waals surface area contributed by atoms with Crippen LogP contribution in [-0.2, 0) is 0 Å². The van der Waals surface area contributed by atoms with Crippen LogP contribution in [0.2, 0.25) is 4.44 Å². The van der Waals surface area contributed by atoms with Gasteiger partial charge in [-0.1, -0.05) is 0 Å². The van der Waals surface area contributed by atoms with E-state index in [4.69, 9.17) is 5.26 Å². The van der Waals surface area contributed by atoms with Crippen LogP contribution in [-0.4, -0.2) is 22.5 Å². The van der Waals surface area contributed by atoms with Crippen LogP contribution in [0.25, 0.3) is 0 Å². The fourth-order valence-electron chi connectivity index (χ4n) is 0. The Hall–Kier alpha value is 0.289. The summed E-state index contributed by atoms with van der Waals surface area (Å²) in [5.41, 5.74) is 0. The van der Waals surface area contributed by atoms with Gasteiger partial charge in [-0.3, -0.25) is 0 Å². The summed E-state index contributed by atoms with van der Waals surface area (Å²) in [5.74, 6) is 0. The second kappa shape index (κ2) is 3.29. The Labute approximate surface area is 38.7 Å². The predicted molar refractivity (Wildman–Crippen MR) is 20.4 cm³/mol. The van der Waals surface area contributed by atoms with E-state index in [0.717, 1.165) is 4.44 Å². The number of nitriles is 1. The van der Waals surface area contributed by atoms with Gasteiger partial charge in [0.15, 0.2) is 0 Å². The monoisotopic (exact) mass is 163 g/mol. The summed E-state index contributed by atoms with van der Waals surface area (Å²) in [7, 11) is 0. The van der Waals surface area contributed by atoms with Gasteiger partial charge in [-0.05, 0) is 0 Å². The molecule has 0 aromatic rings. The molecule has 0 fully saturated rings. The summed E-state index contributed by atoms with van der Waals surface area (Å²) in [6.45, 7) is 0. The van der Waals surface area contributed by atoms with Crippen molar-refractivity contribution < 1.29 is 0 Å². The Kier molecular flexibility index (Phi) is 3.53. The molecule has 0 radical (unpaired) electrons. The molecule has 22 valence electrons. The van der Waals surface area contributed by atoms with Gasteiger partial charge in [-0.25, -0.2) is 0 Å². The van der Waals surface area contributed by atoms with Crippen molar-refractivity contribution >= 4 is 22.5 Å². The van der Waals surface area contributed by atoms with Crippen LogP contribution in [0.1, 0.15) is 0 Å². The topological polar surface area (TPSA) is 23.8 Å². The van der Waals surface area contributed by atoms with Crippen LogP contribution < -0.4 is 0 Å². The van der Waals surface area contributed by atoms with Crippen LogP contribution >= 0.6 is 0 Å². The molecule has 0 heterocycles. The number of rotatable bonds is 0. The molecule has 0 rings (SSSR count). The molecule has 0 bridgehead atoms. The van der Waals surface area contributed by atoms with Crippen LogP contribution in [0.5, 0.6) is 0 Å². The molecular weight excluding hydrogens is 157 g/mol. The Balaban J connectivity index is 2.43. The van der Waals surface area contributed by atoms with Crippen LogP contribution in [0.3, 0.4) is 0 Å². The molecule has 0 aliphatic heterocycles. The molecule has 1 nitrogen and oxygen atoms in total. The Bertz CT molecular complexity index is 35.8. The number of nitrogens with zero attached hydrogens (tertiary/aromatic N) is 1. The molecule has 0 unspecified atom stereocenters. The quantitative estimate of drug-likeness (QED) is 0.431. The van der Waals surface area contributed by atoms with E-state index in [-0.39, 0.29) is 0 Å². The van der Waals surface area contributed by atoms with Gasteiger partial charge < -0.3 is 0 Å². The van der Waals surface area contributed by atoms with E-state index >= 15 is 0 Å². The molecule has 0 amide bonds. The first-order valence-corrected chi connectivity index (χ1v) is 5.32. The van der Waals surface area contributed by atoms with Gasteiger partial charge >= 0.3 is 38.3 Å². The van der Waals surface area contributed by atoms with Crippen molar-refractivity contribution in [3.8, 4) is 6.07 Å². The second-order valence-electron chi connectivity index (χ2n) is 0.512. The van der Waals surface area contributed by atoms with E-state index in [9.17, 15) is 0 Å². The van der Waals surface area contributed by atoms with Crippen molar-refractivity contribution in [2.45, 2.75) is 4.44 Å². The zero-order chi connectivity index (χ0) is 3.41. The first-order chi connectivity index (χ1) is 1.91. The molecule has 0 aliphatic rings. The Morgan fingerprint density at radius 3 is 2.25 bits per heavy atom. The second-order valence-corrected chi connectivity index (χ2v) is 2.53. The SMILES string of the molecule is N#C[CH2][SnH3]. The molecule has 4 heavy (non-hydrogen) atoms. The molecule has 0 saturated heterocycles. The standard InChI is InChI=1S/C2H2N.Sn.3H/c1-2-3;;;;/h1H2;;;;. The minimum absolute atomic E-state index is 0.624. The van der Waals surface area contributed by atoms with E-state index in [2.05, 4.69) is 0 Å². The van der Waals surface area contributed by atoms with Gasteiger partial charge in [0.25, 0.3) is 0 Å². The van der Waals surface area contributed by atoms with Crippen molar-refractivity contribution in [3.05, 3.63) is 0 Å². The Morgan fingerprint density at radius 2 is 2.25 bits per heavy atom. The summed E-state index contributed by atoms with van der Waals surface area (Å²) in [6.07, 6.45) is 0. The summed E-state index contributed by atoms with van der Waals surface area (Å²) in [5, 5.41) is 7.68. The first kappa shape index (κ1) is 4.29. The van der Waals surface area contributed by atoms with Gasteiger partial charge in [0.05, 0.1) is 0 Å².